The Bertz CT molecular complexity index is 922. The second kappa shape index (κ2) is 6.33. The SMILES string of the molecule is Cc1ccc2c(C)c(C(=O)NCc3noc([C@@H]4CCCO4)n3)oc2c1. The van der Waals surface area contributed by atoms with Crippen LogP contribution in [0, 0.1) is 13.8 Å². The van der Waals surface area contributed by atoms with Gasteiger partial charge in [0.1, 0.15) is 11.7 Å². The number of benzene rings is 1. The highest BCUT2D eigenvalue weighted by atomic mass is 16.5. The van der Waals surface area contributed by atoms with Gasteiger partial charge in [-0.1, -0.05) is 17.3 Å². The molecular weight excluding hydrogens is 322 g/mol. The molecule has 0 saturated carbocycles. The zero-order chi connectivity index (χ0) is 17.4. The Morgan fingerprint density at radius 1 is 1.36 bits per heavy atom. The maximum atomic E-state index is 12.4. The summed E-state index contributed by atoms with van der Waals surface area (Å²) in [5.74, 6) is 0.902. The van der Waals surface area contributed by atoms with Crippen molar-refractivity contribution in [3.05, 3.63) is 46.8 Å². The summed E-state index contributed by atoms with van der Waals surface area (Å²) >= 11 is 0. The van der Waals surface area contributed by atoms with E-state index in [1.807, 2.05) is 32.0 Å². The molecule has 7 nitrogen and oxygen atoms in total. The van der Waals surface area contributed by atoms with Crippen molar-refractivity contribution in [1.82, 2.24) is 15.5 Å². The average Bonchev–Trinajstić information content (AvgIpc) is 3.32. The van der Waals surface area contributed by atoms with Gasteiger partial charge in [-0.15, -0.1) is 0 Å². The lowest BCUT2D eigenvalue weighted by molar-refractivity contribution is 0.0835. The quantitative estimate of drug-likeness (QED) is 0.783. The smallest absolute Gasteiger partial charge is 0.287 e. The van der Waals surface area contributed by atoms with E-state index in [1.54, 1.807) is 0 Å². The summed E-state index contributed by atoms with van der Waals surface area (Å²) in [7, 11) is 0. The summed E-state index contributed by atoms with van der Waals surface area (Å²) in [4.78, 5) is 16.7. The minimum Gasteiger partial charge on any atom is -0.451 e. The van der Waals surface area contributed by atoms with Crippen LogP contribution in [0.15, 0.2) is 27.1 Å². The summed E-state index contributed by atoms with van der Waals surface area (Å²) in [6.45, 7) is 4.74. The number of aromatic nitrogens is 2. The molecule has 1 aliphatic heterocycles. The van der Waals surface area contributed by atoms with E-state index in [-0.39, 0.29) is 18.6 Å². The highest BCUT2D eigenvalue weighted by Gasteiger charge is 2.24. The molecule has 0 aliphatic carbocycles. The zero-order valence-corrected chi connectivity index (χ0v) is 14.2. The second-order valence-electron chi connectivity index (χ2n) is 6.29. The van der Waals surface area contributed by atoms with Crippen LogP contribution in [0.4, 0.5) is 0 Å². The summed E-state index contributed by atoms with van der Waals surface area (Å²) in [5, 5.41) is 7.61. The van der Waals surface area contributed by atoms with Crippen LogP contribution in [0.1, 0.15) is 52.3 Å². The van der Waals surface area contributed by atoms with E-state index in [2.05, 4.69) is 15.5 Å². The molecule has 130 valence electrons. The number of hydrogen-bond donors (Lipinski definition) is 1. The third-order valence-corrected chi connectivity index (χ3v) is 4.40. The fourth-order valence-corrected chi connectivity index (χ4v) is 3.03. The molecule has 4 rings (SSSR count). The van der Waals surface area contributed by atoms with E-state index < -0.39 is 0 Å². The van der Waals surface area contributed by atoms with Gasteiger partial charge >= 0.3 is 0 Å². The molecule has 1 N–H and O–H groups in total. The molecule has 25 heavy (non-hydrogen) atoms. The zero-order valence-electron chi connectivity index (χ0n) is 14.2. The molecule has 0 unspecified atom stereocenters. The number of amides is 1. The van der Waals surface area contributed by atoms with Crippen molar-refractivity contribution in [3.63, 3.8) is 0 Å². The number of carbonyl (C=O) groups is 1. The van der Waals surface area contributed by atoms with Crippen molar-refractivity contribution < 1.29 is 18.5 Å². The van der Waals surface area contributed by atoms with E-state index in [0.29, 0.717) is 29.7 Å². The van der Waals surface area contributed by atoms with E-state index in [1.165, 1.54) is 0 Å². The highest BCUT2D eigenvalue weighted by molar-refractivity contribution is 5.98. The number of carbonyl (C=O) groups excluding carboxylic acids is 1. The molecular formula is C18H19N3O4. The Balaban J connectivity index is 1.46. The Hall–Kier alpha value is -2.67. The summed E-state index contributed by atoms with van der Waals surface area (Å²) < 4.78 is 16.4. The first-order valence-corrected chi connectivity index (χ1v) is 8.34. The molecule has 1 aromatic carbocycles. The Labute approximate surface area is 144 Å². The van der Waals surface area contributed by atoms with Crippen LogP contribution in [-0.4, -0.2) is 22.7 Å². The van der Waals surface area contributed by atoms with Crippen LogP contribution < -0.4 is 5.32 Å². The third-order valence-electron chi connectivity index (χ3n) is 4.40. The average molecular weight is 341 g/mol. The van der Waals surface area contributed by atoms with Gasteiger partial charge in [0.15, 0.2) is 11.6 Å². The number of rotatable bonds is 4. The number of hydrogen-bond acceptors (Lipinski definition) is 6. The predicted molar refractivity (Wildman–Crippen MR) is 89.1 cm³/mol. The van der Waals surface area contributed by atoms with E-state index in [4.69, 9.17) is 13.7 Å². The fraction of sp³-hybridized carbons (Fsp3) is 0.389. The number of fused-ring (bicyclic) bond motifs is 1. The molecule has 1 aliphatic rings. The lowest BCUT2D eigenvalue weighted by Crippen LogP contribution is -2.23. The maximum Gasteiger partial charge on any atom is 0.287 e. The first kappa shape index (κ1) is 15.8. The minimum absolute atomic E-state index is 0.127. The molecule has 3 aromatic rings. The molecule has 1 amide bonds. The van der Waals surface area contributed by atoms with Crippen LogP contribution in [0.25, 0.3) is 11.0 Å². The summed E-state index contributed by atoms with van der Waals surface area (Å²) in [6, 6.07) is 5.89. The molecule has 3 heterocycles. The van der Waals surface area contributed by atoms with Crippen molar-refractivity contribution in [3.8, 4) is 0 Å². The van der Waals surface area contributed by atoms with Gasteiger partial charge in [-0.05, 0) is 38.3 Å². The largest absolute Gasteiger partial charge is 0.451 e. The van der Waals surface area contributed by atoms with E-state index in [0.717, 1.165) is 29.4 Å². The van der Waals surface area contributed by atoms with Gasteiger partial charge in [0.2, 0.25) is 0 Å². The maximum absolute atomic E-state index is 12.4. The highest BCUT2D eigenvalue weighted by Crippen LogP contribution is 2.27. The molecule has 0 radical (unpaired) electrons. The molecule has 0 bridgehead atoms. The second-order valence-corrected chi connectivity index (χ2v) is 6.29. The predicted octanol–water partition coefficient (Wildman–Crippen LogP) is 3.21. The van der Waals surface area contributed by atoms with Gasteiger partial charge in [0.05, 0.1) is 6.54 Å². The Kier molecular flexibility index (Phi) is 4.01. The molecule has 1 atom stereocenters. The lowest BCUT2D eigenvalue weighted by atomic mass is 10.1. The topological polar surface area (TPSA) is 90.4 Å². The van der Waals surface area contributed by atoms with Crippen molar-refractivity contribution in [2.75, 3.05) is 6.61 Å². The number of nitrogens with one attached hydrogen (secondary N) is 1. The molecule has 1 saturated heterocycles. The summed E-state index contributed by atoms with van der Waals surface area (Å²) in [6.07, 6.45) is 1.74. The van der Waals surface area contributed by atoms with Gasteiger partial charge in [0.25, 0.3) is 11.8 Å². The van der Waals surface area contributed by atoms with E-state index >= 15 is 0 Å². The van der Waals surface area contributed by atoms with Crippen LogP contribution in [-0.2, 0) is 11.3 Å². The monoisotopic (exact) mass is 341 g/mol. The van der Waals surface area contributed by atoms with Gasteiger partial charge in [-0.3, -0.25) is 4.79 Å². The van der Waals surface area contributed by atoms with Crippen LogP contribution in [0.2, 0.25) is 0 Å². The Morgan fingerprint density at radius 3 is 3.04 bits per heavy atom. The normalized spacial score (nSPS) is 17.3. The van der Waals surface area contributed by atoms with Gasteiger partial charge in [-0.2, -0.15) is 4.98 Å². The van der Waals surface area contributed by atoms with Crippen LogP contribution in [0.3, 0.4) is 0 Å². The standard InChI is InChI=1S/C18H19N3O4/c1-10-5-6-12-11(2)16(24-14(12)8-10)17(22)19-9-15-20-18(25-21-15)13-4-3-7-23-13/h5-6,8,13H,3-4,7,9H2,1-2H3,(H,19,22)/t13-/m0/s1. The van der Waals surface area contributed by atoms with Crippen molar-refractivity contribution in [2.24, 2.45) is 0 Å². The number of furan rings is 1. The first-order chi connectivity index (χ1) is 12.1. The van der Waals surface area contributed by atoms with Crippen LogP contribution in [0.5, 0.6) is 0 Å². The van der Waals surface area contributed by atoms with Gasteiger partial charge in [0, 0.05) is 17.6 Å². The molecule has 2 aromatic heterocycles. The van der Waals surface area contributed by atoms with Gasteiger partial charge in [-0.25, -0.2) is 0 Å². The molecule has 7 heteroatoms. The number of nitrogens with zero attached hydrogens (tertiary/aromatic N) is 2. The summed E-state index contributed by atoms with van der Waals surface area (Å²) in [5.41, 5.74) is 2.62. The van der Waals surface area contributed by atoms with Crippen LogP contribution >= 0.6 is 0 Å². The number of ether oxygens (including phenoxy) is 1. The lowest BCUT2D eigenvalue weighted by Gasteiger charge is -2.01. The van der Waals surface area contributed by atoms with Gasteiger partial charge < -0.3 is 19.0 Å². The third kappa shape index (κ3) is 3.02. The van der Waals surface area contributed by atoms with Crippen molar-refractivity contribution >= 4 is 16.9 Å². The molecule has 0 spiro atoms. The van der Waals surface area contributed by atoms with Crippen molar-refractivity contribution in [1.29, 1.82) is 0 Å². The number of aryl methyl sites for hydroxylation is 2. The van der Waals surface area contributed by atoms with Crippen molar-refractivity contribution in [2.45, 2.75) is 39.3 Å². The molecule has 1 fully saturated rings. The Morgan fingerprint density at radius 2 is 2.24 bits per heavy atom. The first-order valence-electron chi connectivity index (χ1n) is 8.34. The fourth-order valence-electron chi connectivity index (χ4n) is 3.03. The van der Waals surface area contributed by atoms with E-state index in [9.17, 15) is 4.79 Å². The minimum atomic E-state index is -0.296.